The summed E-state index contributed by atoms with van der Waals surface area (Å²) in [6.07, 6.45) is 2.88. The number of hydrogen-bond acceptors (Lipinski definition) is 6. The normalized spacial score (nSPS) is 27.8. The maximum atomic E-state index is 12.6. The zero-order chi connectivity index (χ0) is 20.8. The summed E-state index contributed by atoms with van der Waals surface area (Å²) >= 11 is 0. The van der Waals surface area contributed by atoms with Gasteiger partial charge in [0.15, 0.2) is 0 Å². The fraction of sp³-hybridized carbons (Fsp3) is 0.905. The van der Waals surface area contributed by atoms with Crippen molar-refractivity contribution in [2.45, 2.75) is 38.9 Å². The summed E-state index contributed by atoms with van der Waals surface area (Å²) in [7, 11) is 1.73. The third-order valence-corrected chi connectivity index (χ3v) is 6.24. The predicted molar refractivity (Wildman–Crippen MR) is 111 cm³/mol. The molecule has 0 bridgehead atoms. The van der Waals surface area contributed by atoms with Gasteiger partial charge in [-0.3, -0.25) is 19.4 Å². The average Bonchev–Trinajstić information content (AvgIpc) is 2.69. The molecule has 0 N–H and O–H groups in total. The molecule has 29 heavy (non-hydrogen) atoms. The summed E-state index contributed by atoms with van der Waals surface area (Å²) in [6.45, 7) is 12.4. The molecule has 3 aliphatic heterocycles. The first-order valence-corrected chi connectivity index (χ1v) is 11.1. The summed E-state index contributed by atoms with van der Waals surface area (Å²) in [6, 6.07) is 0. The van der Waals surface area contributed by atoms with Crippen LogP contribution in [-0.2, 0) is 19.1 Å². The van der Waals surface area contributed by atoms with Crippen molar-refractivity contribution in [3.63, 3.8) is 0 Å². The predicted octanol–water partition coefficient (Wildman–Crippen LogP) is 0.125. The van der Waals surface area contributed by atoms with E-state index in [9.17, 15) is 9.59 Å². The van der Waals surface area contributed by atoms with Crippen LogP contribution in [0.25, 0.3) is 0 Å². The lowest BCUT2D eigenvalue weighted by atomic mass is 9.95. The van der Waals surface area contributed by atoms with Crippen LogP contribution in [-0.4, -0.2) is 123 Å². The maximum Gasteiger partial charge on any atom is 0.242 e. The van der Waals surface area contributed by atoms with Crippen molar-refractivity contribution in [2.75, 3.05) is 79.2 Å². The van der Waals surface area contributed by atoms with E-state index in [1.165, 1.54) is 0 Å². The topological polar surface area (TPSA) is 65.6 Å². The Morgan fingerprint density at radius 2 is 1.59 bits per heavy atom. The first-order chi connectivity index (χ1) is 13.9. The molecule has 2 unspecified atom stereocenters. The van der Waals surface area contributed by atoms with E-state index >= 15 is 0 Å². The number of hydrogen-bond donors (Lipinski definition) is 0. The van der Waals surface area contributed by atoms with Gasteiger partial charge in [-0.25, -0.2) is 0 Å². The largest absolute Gasteiger partial charge is 0.378 e. The number of piperidine rings is 1. The smallest absolute Gasteiger partial charge is 0.242 e. The molecular formula is C21H38N4O4. The maximum absolute atomic E-state index is 12.6. The molecule has 3 saturated heterocycles. The van der Waals surface area contributed by atoms with Crippen LogP contribution in [0.1, 0.15) is 26.7 Å². The van der Waals surface area contributed by atoms with Crippen LogP contribution in [0.15, 0.2) is 0 Å². The van der Waals surface area contributed by atoms with Crippen LogP contribution in [0.4, 0.5) is 0 Å². The fourth-order valence-corrected chi connectivity index (χ4v) is 4.64. The molecule has 2 atom stereocenters. The molecule has 3 heterocycles. The summed E-state index contributed by atoms with van der Waals surface area (Å²) in [4.78, 5) is 33.0. The minimum atomic E-state index is 0.0110. The highest BCUT2D eigenvalue weighted by Gasteiger charge is 2.28. The minimum Gasteiger partial charge on any atom is -0.378 e. The van der Waals surface area contributed by atoms with Gasteiger partial charge in [0, 0.05) is 39.8 Å². The Kier molecular flexibility index (Phi) is 8.29. The number of ether oxygens (including phenoxy) is 2. The second-order valence-electron chi connectivity index (χ2n) is 8.94. The lowest BCUT2D eigenvalue weighted by Gasteiger charge is -2.39. The van der Waals surface area contributed by atoms with E-state index in [0.717, 1.165) is 45.6 Å². The van der Waals surface area contributed by atoms with Gasteiger partial charge >= 0.3 is 0 Å². The van der Waals surface area contributed by atoms with Gasteiger partial charge in [-0.15, -0.1) is 0 Å². The van der Waals surface area contributed by atoms with Crippen molar-refractivity contribution in [1.82, 2.24) is 19.6 Å². The fourth-order valence-electron chi connectivity index (χ4n) is 4.64. The number of rotatable bonds is 6. The summed E-state index contributed by atoms with van der Waals surface area (Å²) < 4.78 is 11.1. The molecule has 8 nitrogen and oxygen atoms in total. The Bertz CT molecular complexity index is 537. The second kappa shape index (κ2) is 10.7. The molecule has 0 spiro atoms. The number of nitrogens with zero attached hydrogens (tertiary/aromatic N) is 4. The van der Waals surface area contributed by atoms with Gasteiger partial charge < -0.3 is 19.3 Å². The molecule has 3 fully saturated rings. The van der Waals surface area contributed by atoms with E-state index in [1.807, 2.05) is 0 Å². The van der Waals surface area contributed by atoms with Gasteiger partial charge in [-0.2, -0.15) is 0 Å². The number of amides is 2. The van der Waals surface area contributed by atoms with E-state index < -0.39 is 0 Å². The third-order valence-electron chi connectivity index (χ3n) is 6.24. The van der Waals surface area contributed by atoms with Gasteiger partial charge in [-0.05, 0) is 45.7 Å². The summed E-state index contributed by atoms with van der Waals surface area (Å²) in [5.74, 6) is 0.734. The molecule has 3 rings (SSSR count). The van der Waals surface area contributed by atoms with Crippen molar-refractivity contribution < 1.29 is 19.1 Å². The molecule has 0 aliphatic carbocycles. The second-order valence-corrected chi connectivity index (χ2v) is 8.94. The molecule has 166 valence electrons. The van der Waals surface area contributed by atoms with Crippen LogP contribution in [0.2, 0.25) is 0 Å². The van der Waals surface area contributed by atoms with E-state index in [4.69, 9.17) is 9.47 Å². The number of likely N-dealkylation sites (N-methyl/N-ethyl adjacent to an activating group) is 1. The van der Waals surface area contributed by atoms with Crippen LogP contribution >= 0.6 is 0 Å². The third kappa shape index (κ3) is 6.91. The van der Waals surface area contributed by atoms with E-state index in [2.05, 4.69) is 23.6 Å². The minimum absolute atomic E-state index is 0.0110. The van der Waals surface area contributed by atoms with Crippen molar-refractivity contribution in [3.05, 3.63) is 0 Å². The number of morpholine rings is 2. The number of carbonyl (C=O) groups is 2. The molecule has 2 amide bonds. The van der Waals surface area contributed by atoms with Crippen LogP contribution < -0.4 is 0 Å². The lowest BCUT2D eigenvalue weighted by Crippen LogP contribution is -2.50. The Morgan fingerprint density at radius 3 is 2.21 bits per heavy atom. The summed E-state index contributed by atoms with van der Waals surface area (Å²) in [5, 5.41) is 0. The highest BCUT2D eigenvalue weighted by molar-refractivity contribution is 5.85. The molecule has 0 radical (unpaired) electrons. The van der Waals surface area contributed by atoms with Gasteiger partial charge in [0.25, 0.3) is 0 Å². The molecule has 0 saturated carbocycles. The Hall–Kier alpha value is -1.22. The van der Waals surface area contributed by atoms with Crippen LogP contribution in [0.3, 0.4) is 0 Å². The van der Waals surface area contributed by atoms with E-state index in [0.29, 0.717) is 51.0 Å². The molecule has 0 aromatic rings. The molecular weight excluding hydrogens is 372 g/mol. The highest BCUT2D eigenvalue weighted by atomic mass is 16.5. The van der Waals surface area contributed by atoms with Crippen molar-refractivity contribution in [2.24, 2.45) is 5.92 Å². The van der Waals surface area contributed by atoms with Crippen molar-refractivity contribution >= 4 is 11.8 Å². The Balaban J connectivity index is 1.35. The first kappa shape index (κ1) is 22.5. The van der Waals surface area contributed by atoms with Crippen LogP contribution in [0, 0.1) is 5.92 Å². The van der Waals surface area contributed by atoms with Crippen molar-refractivity contribution in [1.29, 1.82) is 0 Å². The standard InChI is InChI=1S/C21H38N4O4/c1-17-12-24(13-18(2)29-17)14-19-4-6-23(7-5-19)16-20(26)22(3)15-21(27)25-8-10-28-11-9-25/h17-19H,4-16H2,1-3H3. The van der Waals surface area contributed by atoms with Crippen LogP contribution in [0.5, 0.6) is 0 Å². The highest BCUT2D eigenvalue weighted by Crippen LogP contribution is 2.21. The van der Waals surface area contributed by atoms with Gasteiger partial charge in [0.1, 0.15) is 0 Å². The average molecular weight is 411 g/mol. The SMILES string of the molecule is CC1CN(CC2CCN(CC(=O)N(C)CC(=O)N3CCOCC3)CC2)CC(C)O1. The van der Waals surface area contributed by atoms with Crippen molar-refractivity contribution in [3.8, 4) is 0 Å². The monoisotopic (exact) mass is 410 g/mol. The lowest BCUT2D eigenvalue weighted by molar-refractivity contribution is -0.142. The van der Waals surface area contributed by atoms with Gasteiger partial charge in [0.2, 0.25) is 11.8 Å². The van der Waals surface area contributed by atoms with E-state index in [1.54, 1.807) is 16.8 Å². The van der Waals surface area contributed by atoms with E-state index in [-0.39, 0.29) is 18.4 Å². The number of likely N-dealkylation sites (tertiary alicyclic amines) is 1. The Morgan fingerprint density at radius 1 is 0.966 bits per heavy atom. The Labute approximate surface area is 175 Å². The molecule has 0 aromatic carbocycles. The molecule has 3 aliphatic rings. The zero-order valence-electron chi connectivity index (χ0n) is 18.3. The zero-order valence-corrected chi connectivity index (χ0v) is 18.3. The molecule has 8 heteroatoms. The molecule has 0 aromatic heterocycles. The quantitative estimate of drug-likeness (QED) is 0.620. The van der Waals surface area contributed by atoms with Gasteiger partial charge in [0.05, 0.1) is 38.5 Å². The van der Waals surface area contributed by atoms with Gasteiger partial charge in [-0.1, -0.05) is 0 Å². The summed E-state index contributed by atoms with van der Waals surface area (Å²) in [5.41, 5.74) is 0. The first-order valence-electron chi connectivity index (χ1n) is 11.1. The number of carbonyl (C=O) groups excluding carboxylic acids is 2.